The van der Waals surface area contributed by atoms with Crippen molar-refractivity contribution in [2.45, 2.75) is 26.2 Å². The predicted molar refractivity (Wildman–Crippen MR) is 85.1 cm³/mol. The van der Waals surface area contributed by atoms with Crippen LogP contribution in [-0.4, -0.2) is 11.1 Å². The SMILES string of the molecule is CC(C)(C)c1ccccc1-c1ccc(C=CC(=O)O)s1. The molecule has 0 radical (unpaired) electrons. The Labute approximate surface area is 123 Å². The summed E-state index contributed by atoms with van der Waals surface area (Å²) in [4.78, 5) is 12.7. The zero-order valence-electron chi connectivity index (χ0n) is 11.9. The van der Waals surface area contributed by atoms with Gasteiger partial charge in [0.25, 0.3) is 0 Å². The minimum atomic E-state index is -0.921. The van der Waals surface area contributed by atoms with Gasteiger partial charge in [0.15, 0.2) is 0 Å². The van der Waals surface area contributed by atoms with Gasteiger partial charge in [-0.05, 0) is 34.8 Å². The highest BCUT2D eigenvalue weighted by atomic mass is 32.1. The highest BCUT2D eigenvalue weighted by Gasteiger charge is 2.18. The van der Waals surface area contributed by atoms with Crippen LogP contribution in [-0.2, 0) is 10.2 Å². The van der Waals surface area contributed by atoms with Crippen molar-refractivity contribution in [2.24, 2.45) is 0 Å². The van der Waals surface area contributed by atoms with E-state index in [4.69, 9.17) is 5.11 Å². The average Bonchev–Trinajstić information content (AvgIpc) is 2.84. The van der Waals surface area contributed by atoms with Crippen LogP contribution in [0.4, 0.5) is 0 Å². The third-order valence-corrected chi connectivity index (χ3v) is 4.10. The highest BCUT2D eigenvalue weighted by molar-refractivity contribution is 7.16. The maximum Gasteiger partial charge on any atom is 0.328 e. The Kier molecular flexibility index (Phi) is 4.09. The second-order valence-electron chi connectivity index (χ2n) is 5.67. The van der Waals surface area contributed by atoms with Gasteiger partial charge in [-0.2, -0.15) is 0 Å². The van der Waals surface area contributed by atoms with E-state index in [0.717, 1.165) is 4.88 Å². The van der Waals surface area contributed by atoms with Crippen LogP contribution in [0.2, 0.25) is 0 Å². The average molecular weight is 286 g/mol. The molecule has 1 aromatic heterocycles. The van der Waals surface area contributed by atoms with E-state index in [1.54, 1.807) is 17.4 Å². The number of thiophene rings is 1. The molecule has 1 heterocycles. The van der Waals surface area contributed by atoms with E-state index in [1.807, 2.05) is 12.1 Å². The third-order valence-electron chi connectivity index (χ3n) is 3.02. The van der Waals surface area contributed by atoms with Crippen molar-refractivity contribution in [3.8, 4) is 10.4 Å². The lowest BCUT2D eigenvalue weighted by Gasteiger charge is -2.22. The zero-order valence-corrected chi connectivity index (χ0v) is 12.7. The number of carboxylic acids is 1. The molecule has 0 fully saturated rings. The molecule has 0 atom stereocenters. The molecular formula is C17H18O2S. The van der Waals surface area contributed by atoms with E-state index in [0.29, 0.717) is 0 Å². The summed E-state index contributed by atoms with van der Waals surface area (Å²) in [5.41, 5.74) is 2.60. The summed E-state index contributed by atoms with van der Waals surface area (Å²) in [6.45, 7) is 6.60. The Morgan fingerprint density at radius 3 is 2.50 bits per heavy atom. The molecule has 0 bridgehead atoms. The fraction of sp³-hybridized carbons (Fsp3) is 0.235. The molecule has 0 spiro atoms. The Morgan fingerprint density at radius 1 is 1.15 bits per heavy atom. The van der Waals surface area contributed by atoms with Crippen LogP contribution in [0.15, 0.2) is 42.5 Å². The van der Waals surface area contributed by atoms with Gasteiger partial charge in [-0.1, -0.05) is 45.0 Å². The number of rotatable bonds is 3. The molecule has 0 unspecified atom stereocenters. The Morgan fingerprint density at radius 2 is 1.85 bits per heavy atom. The fourth-order valence-corrected chi connectivity index (χ4v) is 3.04. The summed E-state index contributed by atoms with van der Waals surface area (Å²) in [6, 6.07) is 12.4. The summed E-state index contributed by atoms with van der Waals surface area (Å²) in [5.74, 6) is -0.921. The van der Waals surface area contributed by atoms with Gasteiger partial charge in [-0.3, -0.25) is 0 Å². The van der Waals surface area contributed by atoms with Crippen LogP contribution in [0.25, 0.3) is 16.5 Å². The van der Waals surface area contributed by atoms with Gasteiger partial charge in [0.1, 0.15) is 0 Å². The van der Waals surface area contributed by atoms with Crippen LogP contribution >= 0.6 is 11.3 Å². The molecule has 2 rings (SSSR count). The fourth-order valence-electron chi connectivity index (χ4n) is 2.09. The van der Waals surface area contributed by atoms with Crippen molar-refractivity contribution in [3.05, 3.63) is 52.9 Å². The minimum Gasteiger partial charge on any atom is -0.478 e. The van der Waals surface area contributed by atoms with Crippen LogP contribution in [0.1, 0.15) is 31.2 Å². The maximum absolute atomic E-state index is 10.6. The van der Waals surface area contributed by atoms with E-state index in [-0.39, 0.29) is 5.41 Å². The van der Waals surface area contributed by atoms with Crippen molar-refractivity contribution in [1.82, 2.24) is 0 Å². The van der Waals surface area contributed by atoms with Gasteiger partial charge >= 0.3 is 5.97 Å². The first-order valence-electron chi connectivity index (χ1n) is 6.48. The molecule has 0 aliphatic heterocycles. The van der Waals surface area contributed by atoms with Crippen molar-refractivity contribution >= 4 is 23.4 Å². The highest BCUT2D eigenvalue weighted by Crippen LogP contribution is 2.36. The van der Waals surface area contributed by atoms with Gasteiger partial charge < -0.3 is 5.11 Å². The van der Waals surface area contributed by atoms with Crippen molar-refractivity contribution in [2.75, 3.05) is 0 Å². The summed E-state index contributed by atoms with van der Waals surface area (Å²) in [6.07, 6.45) is 2.81. The Hall–Kier alpha value is -1.87. The van der Waals surface area contributed by atoms with Gasteiger partial charge in [-0.25, -0.2) is 4.79 Å². The molecule has 0 saturated carbocycles. The van der Waals surface area contributed by atoms with Crippen LogP contribution in [0, 0.1) is 0 Å². The van der Waals surface area contributed by atoms with Gasteiger partial charge in [0.05, 0.1) is 0 Å². The smallest absolute Gasteiger partial charge is 0.328 e. The lowest BCUT2D eigenvalue weighted by Crippen LogP contribution is -2.12. The molecule has 0 amide bonds. The van der Waals surface area contributed by atoms with Crippen LogP contribution < -0.4 is 0 Å². The monoisotopic (exact) mass is 286 g/mol. The number of carbonyl (C=O) groups is 1. The Balaban J connectivity index is 2.41. The molecule has 0 saturated heterocycles. The van der Waals surface area contributed by atoms with Gasteiger partial charge in [-0.15, -0.1) is 11.3 Å². The zero-order chi connectivity index (χ0) is 14.8. The standard InChI is InChI=1S/C17H18O2S/c1-17(2,3)14-7-5-4-6-13(14)15-10-8-12(20-15)9-11-16(18)19/h4-11H,1-3H3,(H,18,19). The molecule has 3 heteroatoms. The van der Waals surface area contributed by atoms with E-state index in [9.17, 15) is 4.79 Å². The maximum atomic E-state index is 10.6. The molecule has 1 N–H and O–H groups in total. The largest absolute Gasteiger partial charge is 0.478 e. The second kappa shape index (κ2) is 5.63. The topological polar surface area (TPSA) is 37.3 Å². The number of aliphatic carboxylic acids is 1. The van der Waals surface area contributed by atoms with Crippen LogP contribution in [0.3, 0.4) is 0 Å². The van der Waals surface area contributed by atoms with E-state index in [1.165, 1.54) is 22.1 Å². The molecule has 104 valence electrons. The first-order valence-corrected chi connectivity index (χ1v) is 7.30. The first-order chi connectivity index (χ1) is 9.38. The molecule has 20 heavy (non-hydrogen) atoms. The van der Waals surface area contributed by atoms with Crippen molar-refractivity contribution in [3.63, 3.8) is 0 Å². The summed E-state index contributed by atoms with van der Waals surface area (Å²) < 4.78 is 0. The predicted octanol–water partition coefficient (Wildman–Crippen LogP) is 4.81. The lowest BCUT2D eigenvalue weighted by atomic mass is 9.83. The number of hydrogen-bond donors (Lipinski definition) is 1. The molecule has 0 aliphatic rings. The number of hydrogen-bond acceptors (Lipinski definition) is 2. The minimum absolute atomic E-state index is 0.0810. The lowest BCUT2D eigenvalue weighted by molar-refractivity contribution is -0.131. The summed E-state index contributed by atoms with van der Waals surface area (Å²) in [7, 11) is 0. The summed E-state index contributed by atoms with van der Waals surface area (Å²) >= 11 is 1.61. The third kappa shape index (κ3) is 3.36. The van der Waals surface area contributed by atoms with E-state index < -0.39 is 5.97 Å². The second-order valence-corrected chi connectivity index (χ2v) is 6.78. The molecule has 1 aromatic carbocycles. The normalized spacial score (nSPS) is 11.9. The quantitative estimate of drug-likeness (QED) is 0.822. The van der Waals surface area contributed by atoms with Crippen LogP contribution in [0.5, 0.6) is 0 Å². The van der Waals surface area contributed by atoms with Gasteiger partial charge in [0, 0.05) is 15.8 Å². The van der Waals surface area contributed by atoms with Crippen molar-refractivity contribution in [1.29, 1.82) is 0 Å². The molecule has 2 aromatic rings. The first kappa shape index (κ1) is 14.5. The number of carboxylic acid groups (broad SMARTS) is 1. The molecule has 2 nitrogen and oxygen atoms in total. The van der Waals surface area contributed by atoms with E-state index in [2.05, 4.69) is 45.0 Å². The van der Waals surface area contributed by atoms with E-state index >= 15 is 0 Å². The number of benzene rings is 1. The Bertz CT molecular complexity index is 645. The molecular weight excluding hydrogens is 268 g/mol. The molecule has 0 aliphatic carbocycles. The van der Waals surface area contributed by atoms with Gasteiger partial charge in [0.2, 0.25) is 0 Å². The van der Waals surface area contributed by atoms with Crippen molar-refractivity contribution < 1.29 is 9.90 Å². The summed E-state index contributed by atoms with van der Waals surface area (Å²) in [5, 5.41) is 8.67.